The van der Waals surface area contributed by atoms with E-state index in [0.29, 0.717) is 4.58 Å². The van der Waals surface area contributed by atoms with Gasteiger partial charge in [-0.15, -0.1) is 23.5 Å². The number of phenolic OH excluding ortho intramolecular Hbond substituents is 2. The smallest absolute Gasteiger partial charge is 0.124 e. The number of thioether (sulfide) groups is 2. The summed E-state index contributed by atoms with van der Waals surface area (Å²) in [6.07, 6.45) is 1.24. The molecule has 0 unspecified atom stereocenters. The predicted octanol–water partition coefficient (Wildman–Crippen LogP) is 2.97. The summed E-state index contributed by atoms with van der Waals surface area (Å²) >= 11 is 3.72. The van der Waals surface area contributed by atoms with Crippen LogP contribution in [0.3, 0.4) is 0 Å². The van der Waals surface area contributed by atoms with Crippen molar-refractivity contribution in [3.05, 3.63) is 23.8 Å². The predicted molar refractivity (Wildman–Crippen MR) is 62.0 cm³/mol. The molecule has 4 heteroatoms. The van der Waals surface area contributed by atoms with E-state index in [4.69, 9.17) is 5.11 Å². The highest BCUT2D eigenvalue weighted by Crippen LogP contribution is 2.46. The van der Waals surface area contributed by atoms with Crippen LogP contribution in [0.25, 0.3) is 0 Å². The minimum atomic E-state index is 0.122. The highest BCUT2D eigenvalue weighted by Gasteiger charge is 2.19. The second kappa shape index (κ2) is 4.36. The van der Waals surface area contributed by atoms with Gasteiger partial charge in [0, 0.05) is 11.6 Å². The molecule has 0 amide bonds. The van der Waals surface area contributed by atoms with Crippen molar-refractivity contribution in [1.29, 1.82) is 0 Å². The molecule has 1 fully saturated rings. The van der Waals surface area contributed by atoms with E-state index in [0.717, 1.165) is 17.1 Å². The molecule has 1 saturated heterocycles. The highest BCUT2D eigenvalue weighted by molar-refractivity contribution is 8.16. The lowest BCUT2D eigenvalue weighted by atomic mass is 10.2. The third kappa shape index (κ3) is 2.12. The van der Waals surface area contributed by atoms with E-state index in [1.165, 1.54) is 12.5 Å². The van der Waals surface area contributed by atoms with Gasteiger partial charge in [-0.3, -0.25) is 0 Å². The van der Waals surface area contributed by atoms with Crippen molar-refractivity contribution in [2.75, 3.05) is 11.5 Å². The summed E-state index contributed by atoms with van der Waals surface area (Å²) in [5.74, 6) is 2.63. The molecule has 0 spiro atoms. The van der Waals surface area contributed by atoms with Crippen LogP contribution in [0, 0.1) is 0 Å². The van der Waals surface area contributed by atoms with E-state index in [1.54, 1.807) is 12.1 Å². The fraction of sp³-hybridized carbons (Fsp3) is 0.400. The van der Waals surface area contributed by atoms with Crippen molar-refractivity contribution in [2.45, 2.75) is 11.0 Å². The molecule has 2 N–H and O–H groups in total. The van der Waals surface area contributed by atoms with Crippen LogP contribution < -0.4 is 0 Å². The molecule has 0 radical (unpaired) electrons. The molecule has 0 saturated carbocycles. The summed E-state index contributed by atoms with van der Waals surface area (Å²) in [7, 11) is 0. The van der Waals surface area contributed by atoms with Crippen LogP contribution in [-0.2, 0) is 0 Å². The average Bonchev–Trinajstić information content (AvgIpc) is 2.19. The van der Waals surface area contributed by atoms with Gasteiger partial charge in [-0.05, 0) is 30.1 Å². The third-order valence-corrected chi connectivity index (χ3v) is 5.07. The largest absolute Gasteiger partial charge is 0.508 e. The van der Waals surface area contributed by atoms with Gasteiger partial charge in [-0.1, -0.05) is 0 Å². The Morgan fingerprint density at radius 2 is 1.86 bits per heavy atom. The number of hydrogen-bond acceptors (Lipinski definition) is 4. The maximum Gasteiger partial charge on any atom is 0.124 e. The van der Waals surface area contributed by atoms with Crippen molar-refractivity contribution in [3.8, 4) is 11.5 Å². The number of aromatic hydroxyl groups is 2. The van der Waals surface area contributed by atoms with Crippen molar-refractivity contribution in [1.82, 2.24) is 0 Å². The van der Waals surface area contributed by atoms with E-state index in [9.17, 15) is 5.11 Å². The lowest BCUT2D eigenvalue weighted by Gasteiger charge is -2.21. The molecule has 2 nitrogen and oxygen atoms in total. The van der Waals surface area contributed by atoms with Gasteiger partial charge in [0.2, 0.25) is 0 Å². The third-order valence-electron chi connectivity index (χ3n) is 2.10. The van der Waals surface area contributed by atoms with Gasteiger partial charge in [0.25, 0.3) is 0 Å². The molecule has 2 rings (SSSR count). The molecule has 14 heavy (non-hydrogen) atoms. The monoisotopic (exact) mass is 228 g/mol. The minimum absolute atomic E-state index is 0.122. The maximum atomic E-state index is 9.66. The van der Waals surface area contributed by atoms with Crippen LogP contribution in [0.1, 0.15) is 16.6 Å². The van der Waals surface area contributed by atoms with Gasteiger partial charge in [-0.2, -0.15) is 0 Å². The first-order valence-corrected chi connectivity index (χ1v) is 6.62. The SMILES string of the molecule is Oc1ccc(C2SCCCS2)c(O)c1. The second-order valence-corrected chi connectivity index (χ2v) is 5.89. The molecule has 0 atom stereocenters. The molecule has 0 aliphatic carbocycles. The number of rotatable bonds is 1. The lowest BCUT2D eigenvalue weighted by molar-refractivity contribution is 0.447. The van der Waals surface area contributed by atoms with Crippen LogP contribution >= 0.6 is 23.5 Å². The van der Waals surface area contributed by atoms with Crippen molar-refractivity contribution < 1.29 is 10.2 Å². The van der Waals surface area contributed by atoms with Gasteiger partial charge in [0.1, 0.15) is 11.5 Å². The van der Waals surface area contributed by atoms with Crippen molar-refractivity contribution in [3.63, 3.8) is 0 Å². The molecular formula is C10H12O2S2. The van der Waals surface area contributed by atoms with Gasteiger partial charge >= 0.3 is 0 Å². The summed E-state index contributed by atoms with van der Waals surface area (Å²) in [4.78, 5) is 0. The van der Waals surface area contributed by atoms with Crippen molar-refractivity contribution >= 4 is 23.5 Å². The molecule has 1 aliphatic rings. The normalized spacial score (nSPS) is 18.3. The molecular weight excluding hydrogens is 216 g/mol. The van der Waals surface area contributed by atoms with E-state index < -0.39 is 0 Å². The molecule has 76 valence electrons. The van der Waals surface area contributed by atoms with Crippen LogP contribution in [0.15, 0.2) is 18.2 Å². The Labute approximate surface area is 91.7 Å². The second-order valence-electron chi connectivity index (χ2n) is 3.17. The van der Waals surface area contributed by atoms with Gasteiger partial charge in [0.15, 0.2) is 0 Å². The first kappa shape index (κ1) is 10.1. The van der Waals surface area contributed by atoms with Crippen LogP contribution in [0.4, 0.5) is 0 Å². The molecule has 1 heterocycles. The lowest BCUT2D eigenvalue weighted by Crippen LogP contribution is -2.00. The van der Waals surface area contributed by atoms with E-state index in [1.807, 2.05) is 23.5 Å². The van der Waals surface area contributed by atoms with Crippen molar-refractivity contribution in [2.24, 2.45) is 0 Å². The zero-order valence-electron chi connectivity index (χ0n) is 7.64. The molecule has 1 aliphatic heterocycles. The summed E-state index contributed by atoms with van der Waals surface area (Å²) in [5, 5.41) is 18.8. The zero-order valence-corrected chi connectivity index (χ0v) is 9.27. The number of phenols is 2. The molecule has 1 aromatic carbocycles. The Bertz CT molecular complexity index is 322. The summed E-state index contributed by atoms with van der Waals surface area (Å²) in [5.41, 5.74) is 0.928. The quantitative estimate of drug-likeness (QED) is 0.775. The molecule has 0 aromatic heterocycles. The fourth-order valence-corrected chi connectivity index (χ4v) is 4.35. The van der Waals surface area contributed by atoms with Gasteiger partial charge in [-0.25, -0.2) is 0 Å². The Morgan fingerprint density at radius 1 is 1.14 bits per heavy atom. The van der Waals surface area contributed by atoms with E-state index in [2.05, 4.69) is 0 Å². The molecule has 0 bridgehead atoms. The topological polar surface area (TPSA) is 40.5 Å². The molecule has 1 aromatic rings. The maximum absolute atomic E-state index is 9.66. The zero-order chi connectivity index (χ0) is 9.97. The Kier molecular flexibility index (Phi) is 3.13. The Morgan fingerprint density at radius 3 is 2.50 bits per heavy atom. The van der Waals surface area contributed by atoms with Crippen LogP contribution in [0.2, 0.25) is 0 Å². The van der Waals surface area contributed by atoms with E-state index in [-0.39, 0.29) is 11.5 Å². The first-order valence-electron chi connectivity index (χ1n) is 4.52. The van der Waals surface area contributed by atoms with Crippen LogP contribution in [0.5, 0.6) is 11.5 Å². The van der Waals surface area contributed by atoms with Gasteiger partial charge < -0.3 is 10.2 Å². The first-order chi connectivity index (χ1) is 6.77. The van der Waals surface area contributed by atoms with Crippen LogP contribution in [-0.4, -0.2) is 21.7 Å². The average molecular weight is 228 g/mol. The highest BCUT2D eigenvalue weighted by atomic mass is 32.2. The number of benzene rings is 1. The van der Waals surface area contributed by atoms with Gasteiger partial charge in [0.05, 0.1) is 4.58 Å². The fourth-order valence-electron chi connectivity index (χ4n) is 1.40. The Balaban J connectivity index is 2.22. The summed E-state index contributed by atoms with van der Waals surface area (Å²) in [6.45, 7) is 0. The summed E-state index contributed by atoms with van der Waals surface area (Å²) in [6, 6.07) is 4.84. The number of hydrogen-bond donors (Lipinski definition) is 2. The standard InChI is InChI=1S/C10H12O2S2/c11-7-2-3-8(9(12)6-7)10-13-4-1-5-14-10/h2-3,6,10-12H,1,4-5H2. The van der Waals surface area contributed by atoms with E-state index >= 15 is 0 Å². The summed E-state index contributed by atoms with van der Waals surface area (Å²) < 4.78 is 0.323. The Hall–Kier alpha value is -0.480. The minimum Gasteiger partial charge on any atom is -0.508 e.